The standard InChI is InChI=1S/C12H9NO4/c1-8-11(10(14)4-6-16-8)17-12(15)9-3-2-5-13-7-9/h2-7H,1H3. The number of pyridine rings is 1. The summed E-state index contributed by atoms with van der Waals surface area (Å²) >= 11 is 0. The molecule has 0 aromatic carbocycles. The Hall–Kier alpha value is -2.43. The SMILES string of the molecule is Cc1occc(=O)c1OC(=O)c1cccnc1. The molecule has 17 heavy (non-hydrogen) atoms. The van der Waals surface area contributed by atoms with Crippen molar-refractivity contribution in [2.24, 2.45) is 0 Å². The molecule has 0 spiro atoms. The Labute approximate surface area is 96.7 Å². The fraction of sp³-hybridized carbons (Fsp3) is 0.0833. The van der Waals surface area contributed by atoms with Gasteiger partial charge in [-0.3, -0.25) is 9.78 Å². The fourth-order valence-corrected chi connectivity index (χ4v) is 1.26. The van der Waals surface area contributed by atoms with E-state index in [0.29, 0.717) is 0 Å². The van der Waals surface area contributed by atoms with Gasteiger partial charge in [0.2, 0.25) is 11.2 Å². The summed E-state index contributed by atoms with van der Waals surface area (Å²) < 4.78 is 9.96. The highest BCUT2D eigenvalue weighted by Gasteiger charge is 2.13. The van der Waals surface area contributed by atoms with Crippen molar-refractivity contribution in [3.8, 4) is 5.75 Å². The van der Waals surface area contributed by atoms with Crippen LogP contribution in [-0.4, -0.2) is 11.0 Å². The Balaban J connectivity index is 2.28. The minimum Gasteiger partial charge on any atom is -0.465 e. The van der Waals surface area contributed by atoms with Gasteiger partial charge in [0.15, 0.2) is 0 Å². The lowest BCUT2D eigenvalue weighted by Crippen LogP contribution is -2.15. The summed E-state index contributed by atoms with van der Waals surface area (Å²) in [5, 5.41) is 0. The fourth-order valence-electron chi connectivity index (χ4n) is 1.26. The van der Waals surface area contributed by atoms with Crippen LogP contribution in [0.25, 0.3) is 0 Å². The Kier molecular flexibility index (Phi) is 3.00. The second kappa shape index (κ2) is 4.61. The number of rotatable bonds is 2. The average Bonchev–Trinajstić information content (AvgIpc) is 2.35. The maximum absolute atomic E-state index is 11.7. The Morgan fingerprint density at radius 1 is 1.41 bits per heavy atom. The molecule has 0 radical (unpaired) electrons. The van der Waals surface area contributed by atoms with Crippen LogP contribution in [0, 0.1) is 6.92 Å². The van der Waals surface area contributed by atoms with Gasteiger partial charge in [-0.1, -0.05) is 0 Å². The van der Waals surface area contributed by atoms with E-state index in [4.69, 9.17) is 9.15 Å². The third-order valence-corrected chi connectivity index (χ3v) is 2.10. The molecule has 0 atom stereocenters. The molecule has 2 heterocycles. The van der Waals surface area contributed by atoms with E-state index in [0.717, 1.165) is 0 Å². The summed E-state index contributed by atoms with van der Waals surface area (Å²) in [6, 6.07) is 4.35. The molecule has 2 rings (SSSR count). The van der Waals surface area contributed by atoms with Gasteiger partial charge in [0.25, 0.3) is 0 Å². The van der Waals surface area contributed by atoms with Gasteiger partial charge in [-0.25, -0.2) is 4.79 Å². The number of carbonyl (C=O) groups is 1. The van der Waals surface area contributed by atoms with Gasteiger partial charge in [-0.05, 0) is 19.1 Å². The van der Waals surface area contributed by atoms with Gasteiger partial charge in [-0.15, -0.1) is 0 Å². The smallest absolute Gasteiger partial charge is 0.345 e. The molecule has 86 valence electrons. The molecule has 0 saturated heterocycles. The van der Waals surface area contributed by atoms with Crippen molar-refractivity contribution in [2.45, 2.75) is 6.92 Å². The number of ether oxygens (including phenoxy) is 1. The van der Waals surface area contributed by atoms with Crippen LogP contribution in [0.15, 0.2) is 46.1 Å². The van der Waals surface area contributed by atoms with Crippen molar-refractivity contribution in [1.82, 2.24) is 4.98 Å². The zero-order chi connectivity index (χ0) is 12.3. The van der Waals surface area contributed by atoms with Gasteiger partial charge in [0, 0.05) is 18.5 Å². The van der Waals surface area contributed by atoms with Crippen LogP contribution in [0.5, 0.6) is 5.75 Å². The normalized spacial score (nSPS) is 9.94. The molecule has 0 amide bonds. The minimum atomic E-state index is -0.639. The van der Waals surface area contributed by atoms with Crippen LogP contribution in [0.1, 0.15) is 16.1 Å². The molecule has 0 bridgehead atoms. The van der Waals surface area contributed by atoms with Crippen LogP contribution in [0.4, 0.5) is 0 Å². The van der Waals surface area contributed by atoms with Gasteiger partial charge in [0.1, 0.15) is 5.76 Å². The second-order valence-corrected chi connectivity index (χ2v) is 3.30. The zero-order valence-electron chi connectivity index (χ0n) is 9.04. The largest absolute Gasteiger partial charge is 0.465 e. The van der Waals surface area contributed by atoms with Crippen molar-refractivity contribution in [3.05, 3.63) is 58.4 Å². The number of esters is 1. The van der Waals surface area contributed by atoms with Gasteiger partial charge >= 0.3 is 5.97 Å². The van der Waals surface area contributed by atoms with Crippen LogP contribution in [-0.2, 0) is 0 Å². The zero-order valence-corrected chi connectivity index (χ0v) is 9.04. The summed E-state index contributed by atoms with van der Waals surface area (Å²) in [5.74, 6) is -0.476. The van der Waals surface area contributed by atoms with Gasteiger partial charge in [0.05, 0.1) is 11.8 Å². The molecular weight excluding hydrogens is 222 g/mol. The van der Waals surface area contributed by atoms with E-state index >= 15 is 0 Å². The third-order valence-electron chi connectivity index (χ3n) is 2.10. The molecule has 5 nitrogen and oxygen atoms in total. The summed E-state index contributed by atoms with van der Waals surface area (Å²) in [5.41, 5.74) is -0.124. The topological polar surface area (TPSA) is 69.4 Å². The van der Waals surface area contributed by atoms with E-state index in [1.807, 2.05) is 0 Å². The highest BCUT2D eigenvalue weighted by molar-refractivity contribution is 5.90. The number of aryl methyl sites for hydroxylation is 1. The third kappa shape index (κ3) is 2.39. The summed E-state index contributed by atoms with van der Waals surface area (Å²) in [6.07, 6.45) is 4.15. The second-order valence-electron chi connectivity index (χ2n) is 3.30. The highest BCUT2D eigenvalue weighted by atomic mass is 16.5. The molecule has 0 aliphatic rings. The van der Waals surface area contributed by atoms with E-state index in [1.165, 1.54) is 18.5 Å². The molecule has 0 aliphatic carbocycles. The van der Waals surface area contributed by atoms with Crippen LogP contribution >= 0.6 is 0 Å². The van der Waals surface area contributed by atoms with Crippen molar-refractivity contribution in [3.63, 3.8) is 0 Å². The van der Waals surface area contributed by atoms with Crippen molar-refractivity contribution >= 4 is 5.97 Å². The van der Waals surface area contributed by atoms with Gasteiger partial charge < -0.3 is 9.15 Å². The summed E-state index contributed by atoms with van der Waals surface area (Å²) in [7, 11) is 0. The quantitative estimate of drug-likeness (QED) is 0.733. The molecule has 0 N–H and O–H groups in total. The Bertz CT molecular complexity index is 589. The lowest BCUT2D eigenvalue weighted by Gasteiger charge is -2.04. The first-order chi connectivity index (χ1) is 8.18. The number of hydrogen-bond donors (Lipinski definition) is 0. The first-order valence-electron chi connectivity index (χ1n) is 4.89. The average molecular weight is 231 g/mol. The van der Waals surface area contributed by atoms with E-state index in [9.17, 15) is 9.59 Å². The summed E-state index contributed by atoms with van der Waals surface area (Å²) in [6.45, 7) is 1.55. The monoisotopic (exact) mass is 231 g/mol. The van der Waals surface area contributed by atoms with Crippen molar-refractivity contribution < 1.29 is 13.9 Å². The van der Waals surface area contributed by atoms with Crippen molar-refractivity contribution in [1.29, 1.82) is 0 Å². The number of hydrogen-bond acceptors (Lipinski definition) is 5. The van der Waals surface area contributed by atoms with E-state index in [1.54, 1.807) is 25.3 Å². The van der Waals surface area contributed by atoms with E-state index in [-0.39, 0.29) is 17.1 Å². The molecule has 0 saturated carbocycles. The molecule has 0 fully saturated rings. The van der Waals surface area contributed by atoms with Crippen LogP contribution in [0.2, 0.25) is 0 Å². The first-order valence-corrected chi connectivity index (χ1v) is 4.89. The number of nitrogens with zero attached hydrogens (tertiary/aromatic N) is 1. The molecule has 5 heteroatoms. The number of carbonyl (C=O) groups excluding carboxylic acids is 1. The first kappa shape index (κ1) is 11.1. The van der Waals surface area contributed by atoms with E-state index < -0.39 is 11.4 Å². The summed E-state index contributed by atoms with van der Waals surface area (Å²) in [4.78, 5) is 26.9. The predicted molar refractivity (Wildman–Crippen MR) is 58.9 cm³/mol. The molecule has 0 unspecified atom stereocenters. The van der Waals surface area contributed by atoms with E-state index in [2.05, 4.69) is 4.98 Å². The van der Waals surface area contributed by atoms with Gasteiger partial charge in [-0.2, -0.15) is 0 Å². The molecular formula is C12H9NO4. The van der Waals surface area contributed by atoms with Crippen LogP contribution < -0.4 is 10.2 Å². The Morgan fingerprint density at radius 3 is 2.88 bits per heavy atom. The maximum atomic E-state index is 11.7. The molecule has 0 aliphatic heterocycles. The Morgan fingerprint density at radius 2 is 2.24 bits per heavy atom. The highest BCUT2D eigenvalue weighted by Crippen LogP contribution is 2.12. The molecule has 2 aromatic rings. The minimum absolute atomic E-state index is 0.0960. The maximum Gasteiger partial charge on any atom is 0.345 e. The lowest BCUT2D eigenvalue weighted by atomic mass is 10.3. The van der Waals surface area contributed by atoms with Crippen LogP contribution in [0.3, 0.4) is 0 Å². The predicted octanol–water partition coefficient (Wildman–Crippen LogP) is 1.56. The lowest BCUT2D eigenvalue weighted by molar-refractivity contribution is 0.0726. The molecule has 2 aromatic heterocycles. The van der Waals surface area contributed by atoms with Crippen molar-refractivity contribution in [2.75, 3.05) is 0 Å². The number of aromatic nitrogens is 1.